The molecule has 4 rings (SSSR count). The van der Waals surface area contributed by atoms with Crippen LogP contribution in [0.5, 0.6) is 0 Å². The van der Waals surface area contributed by atoms with Crippen molar-refractivity contribution in [3.05, 3.63) is 29.4 Å². The minimum absolute atomic E-state index is 0.225. The largest absolute Gasteiger partial charge is 0.387 e. The van der Waals surface area contributed by atoms with Crippen LogP contribution in [0.4, 0.5) is 5.82 Å². The number of rotatable bonds is 9. The maximum Gasteiger partial charge on any atom is 0.341 e. The molecule has 1 fully saturated rings. The second kappa shape index (κ2) is 10.0. The summed E-state index contributed by atoms with van der Waals surface area (Å²) in [5, 5.41) is 25.7. The van der Waals surface area contributed by atoms with E-state index >= 15 is 0 Å². The van der Waals surface area contributed by atoms with Crippen molar-refractivity contribution in [1.29, 1.82) is 0 Å². The maximum atomic E-state index is 12.7. The predicted octanol–water partition coefficient (Wildman–Crippen LogP) is 2.87. The normalized spacial score (nSPS) is 27.5. The molecule has 7 unspecified atom stereocenters. The third-order valence-electron chi connectivity index (χ3n) is 5.15. The summed E-state index contributed by atoms with van der Waals surface area (Å²) in [6, 6.07) is 1.89. The fourth-order valence-corrected chi connectivity index (χ4v) is 9.83. The van der Waals surface area contributed by atoms with Gasteiger partial charge in [0.05, 0.1) is 12.0 Å². The van der Waals surface area contributed by atoms with Gasteiger partial charge in [-0.05, 0) is 22.4 Å². The molecule has 0 aliphatic carbocycles. The second-order valence-corrected chi connectivity index (χ2v) is 15.3. The molecule has 36 heavy (non-hydrogen) atoms. The molecule has 14 nitrogen and oxygen atoms in total. The molecule has 0 spiro atoms. The first-order valence-electron chi connectivity index (χ1n) is 10.4. The number of anilines is 1. The summed E-state index contributed by atoms with van der Waals surface area (Å²) in [7, 11) is -12.5. The Hall–Kier alpha value is -1.47. The van der Waals surface area contributed by atoms with E-state index in [2.05, 4.69) is 14.3 Å². The van der Waals surface area contributed by atoms with Gasteiger partial charge in [0, 0.05) is 31.8 Å². The van der Waals surface area contributed by atoms with Crippen LogP contribution in [0.2, 0.25) is 0 Å². The number of hydrogen-bond donors (Lipinski definition) is 4. The smallest absolute Gasteiger partial charge is 0.341 e. The van der Waals surface area contributed by atoms with Gasteiger partial charge in [0.15, 0.2) is 6.23 Å². The van der Waals surface area contributed by atoms with Crippen molar-refractivity contribution < 1.29 is 46.7 Å². The summed E-state index contributed by atoms with van der Waals surface area (Å²) in [5.41, 5.74) is 8.03. The molecule has 198 valence electrons. The number of aliphatic hydroxyl groups excluding tert-OH is 2. The highest BCUT2D eigenvalue weighted by Crippen LogP contribution is 2.67. The minimum Gasteiger partial charge on any atom is -0.387 e. The van der Waals surface area contributed by atoms with Crippen molar-refractivity contribution in [2.24, 2.45) is 0 Å². The zero-order valence-corrected chi connectivity index (χ0v) is 22.8. The van der Waals surface area contributed by atoms with Gasteiger partial charge in [-0.3, -0.25) is 13.7 Å². The van der Waals surface area contributed by atoms with Crippen LogP contribution in [0.15, 0.2) is 29.4 Å². The summed E-state index contributed by atoms with van der Waals surface area (Å²) < 4.78 is 58.2. The van der Waals surface area contributed by atoms with E-state index in [1.807, 2.05) is 16.8 Å². The molecular weight excluding hydrogens is 557 g/mol. The summed E-state index contributed by atoms with van der Waals surface area (Å²) >= 11 is 1.48. The van der Waals surface area contributed by atoms with E-state index < -0.39 is 53.9 Å². The van der Waals surface area contributed by atoms with Crippen LogP contribution in [0, 0.1) is 0 Å². The lowest BCUT2D eigenvalue weighted by atomic mass is 10.1. The van der Waals surface area contributed by atoms with E-state index in [0.717, 1.165) is 25.6 Å². The van der Waals surface area contributed by atoms with E-state index in [4.69, 9.17) is 19.3 Å². The van der Waals surface area contributed by atoms with Crippen molar-refractivity contribution in [1.82, 2.24) is 14.5 Å². The van der Waals surface area contributed by atoms with Gasteiger partial charge in [0.25, 0.3) is 0 Å². The van der Waals surface area contributed by atoms with Crippen LogP contribution >= 0.6 is 34.1 Å². The highest BCUT2D eigenvalue weighted by molar-refractivity contribution is 7.71. The van der Waals surface area contributed by atoms with Gasteiger partial charge >= 0.3 is 22.8 Å². The molecule has 3 aromatic rings. The van der Waals surface area contributed by atoms with Crippen LogP contribution in [0.3, 0.4) is 0 Å². The SMILES string of the molecule is CP(=O)(O)OP(C)(=O)OP(C)(=O)OCC1OC(n2cc(-c3ccsc3)c3c(N)ncnc32)C(O)C1O. The Labute approximate surface area is 209 Å². The Kier molecular flexibility index (Phi) is 7.67. The highest BCUT2D eigenvalue weighted by atomic mass is 32.1. The lowest BCUT2D eigenvalue weighted by Crippen LogP contribution is -2.33. The van der Waals surface area contributed by atoms with Crippen LogP contribution in [-0.4, -0.2) is 74.6 Å². The van der Waals surface area contributed by atoms with Crippen molar-refractivity contribution in [3.8, 4) is 11.1 Å². The molecule has 0 radical (unpaired) electrons. The lowest BCUT2D eigenvalue weighted by Gasteiger charge is -2.22. The topological polar surface area (TPSA) is 206 Å². The summed E-state index contributed by atoms with van der Waals surface area (Å²) in [6.45, 7) is 2.12. The molecule has 5 N–H and O–H groups in total. The van der Waals surface area contributed by atoms with Crippen LogP contribution < -0.4 is 5.73 Å². The molecule has 0 bridgehead atoms. The lowest BCUT2D eigenvalue weighted by molar-refractivity contribution is -0.0478. The Morgan fingerprint density at radius 2 is 1.86 bits per heavy atom. The Morgan fingerprint density at radius 1 is 1.14 bits per heavy atom. The molecule has 7 atom stereocenters. The first-order valence-corrected chi connectivity index (χ1v) is 17.3. The number of hydrogen-bond acceptors (Lipinski definition) is 13. The average molecular weight is 582 g/mol. The van der Waals surface area contributed by atoms with Crippen molar-refractivity contribution >= 4 is 51.0 Å². The van der Waals surface area contributed by atoms with E-state index in [-0.39, 0.29) is 5.82 Å². The number of nitrogens with two attached hydrogens (primary N) is 1. The fourth-order valence-electron chi connectivity index (χ4n) is 3.83. The standard InChI is InChI=1S/C18H25N4O10P3S/c1-33(25,26)31-35(3,28)32-34(2,27)29-7-12-14(23)15(24)18(30-12)22-6-11(10-4-5-36-8-10)13-16(19)20-9-21-17(13)22/h4-6,8-9,12,14-15,18,23-24H,7H2,1-3H3,(H,25,26)(H2,19,20,21). The molecule has 0 amide bonds. The summed E-state index contributed by atoms with van der Waals surface area (Å²) in [4.78, 5) is 17.6. The molecular formula is C18H25N4O10P3S. The molecule has 1 aliphatic rings. The number of fused-ring (bicyclic) bond motifs is 1. The molecule has 4 heterocycles. The Morgan fingerprint density at radius 3 is 2.50 bits per heavy atom. The number of ether oxygens (including phenoxy) is 1. The van der Waals surface area contributed by atoms with Gasteiger partial charge in [0.1, 0.15) is 36.1 Å². The van der Waals surface area contributed by atoms with E-state index in [9.17, 15) is 28.8 Å². The minimum atomic E-state index is -4.22. The quantitative estimate of drug-likeness (QED) is 0.268. The van der Waals surface area contributed by atoms with E-state index in [1.165, 1.54) is 22.2 Å². The van der Waals surface area contributed by atoms with Crippen molar-refractivity contribution in [2.45, 2.75) is 24.5 Å². The third-order valence-corrected chi connectivity index (χ3v) is 11.2. The number of nitrogen functional groups attached to an aromatic ring is 1. The highest BCUT2D eigenvalue weighted by Gasteiger charge is 2.46. The fraction of sp³-hybridized carbons (Fsp3) is 0.444. The van der Waals surface area contributed by atoms with Crippen LogP contribution in [-0.2, 0) is 31.6 Å². The molecule has 0 aromatic carbocycles. The summed E-state index contributed by atoms with van der Waals surface area (Å²) in [6.07, 6.45) is -2.24. The number of aliphatic hydroxyl groups is 2. The average Bonchev–Trinajstić information content (AvgIpc) is 3.44. The first kappa shape index (κ1) is 27.6. The zero-order chi connectivity index (χ0) is 26.5. The molecule has 18 heteroatoms. The van der Waals surface area contributed by atoms with Gasteiger partial charge in [0.2, 0.25) is 0 Å². The first-order chi connectivity index (χ1) is 16.7. The van der Waals surface area contributed by atoms with Crippen LogP contribution in [0.1, 0.15) is 6.23 Å². The van der Waals surface area contributed by atoms with E-state index in [0.29, 0.717) is 16.6 Å². The Balaban J connectivity index is 1.54. The monoisotopic (exact) mass is 582 g/mol. The van der Waals surface area contributed by atoms with Gasteiger partial charge in [-0.15, -0.1) is 0 Å². The Bertz CT molecular complexity index is 1390. The second-order valence-electron chi connectivity index (χ2n) is 8.27. The predicted molar refractivity (Wildman–Crippen MR) is 132 cm³/mol. The number of nitrogens with zero attached hydrogens (tertiary/aromatic N) is 3. The van der Waals surface area contributed by atoms with Gasteiger partial charge < -0.3 is 34.7 Å². The van der Waals surface area contributed by atoms with E-state index in [1.54, 1.807) is 6.20 Å². The number of thiophene rings is 1. The number of aromatic nitrogens is 3. The summed E-state index contributed by atoms with van der Waals surface area (Å²) in [5.74, 6) is 0.225. The van der Waals surface area contributed by atoms with Crippen molar-refractivity contribution in [3.63, 3.8) is 0 Å². The van der Waals surface area contributed by atoms with Crippen molar-refractivity contribution in [2.75, 3.05) is 32.3 Å². The van der Waals surface area contributed by atoms with Gasteiger partial charge in [-0.2, -0.15) is 11.3 Å². The third kappa shape index (κ3) is 5.98. The van der Waals surface area contributed by atoms with Gasteiger partial charge in [-0.1, -0.05) is 0 Å². The molecule has 3 aromatic heterocycles. The van der Waals surface area contributed by atoms with Crippen LogP contribution in [0.25, 0.3) is 22.2 Å². The zero-order valence-electron chi connectivity index (χ0n) is 19.3. The van der Waals surface area contributed by atoms with Gasteiger partial charge in [-0.25, -0.2) is 18.6 Å². The molecule has 1 saturated heterocycles. The maximum absolute atomic E-state index is 12.7. The molecule has 1 aliphatic heterocycles. The molecule has 0 saturated carbocycles.